The lowest BCUT2D eigenvalue weighted by atomic mass is 10.1. The first-order chi connectivity index (χ1) is 10.2. The molecule has 0 amide bonds. The van der Waals surface area contributed by atoms with Crippen LogP contribution in [0.15, 0.2) is 22.4 Å². The van der Waals surface area contributed by atoms with Gasteiger partial charge >= 0.3 is 5.97 Å². The molecule has 2 aromatic rings. The molecule has 1 aromatic heterocycles. The maximum atomic E-state index is 12.5. The van der Waals surface area contributed by atoms with Gasteiger partial charge in [-0.2, -0.15) is 0 Å². The van der Waals surface area contributed by atoms with Crippen LogP contribution in [-0.2, 0) is 21.2 Å². The third kappa shape index (κ3) is 3.63. The summed E-state index contributed by atoms with van der Waals surface area (Å²) in [6.45, 7) is 5.39. The van der Waals surface area contributed by atoms with Crippen molar-refractivity contribution in [3.63, 3.8) is 0 Å². The molecule has 2 rings (SSSR count). The predicted molar refractivity (Wildman–Crippen MR) is 84.9 cm³/mol. The SMILES string of the molecule is Cc1cc(C)c(S(=O)(=O)Nc2nc(CC(=O)O)cs2)c(C)c1. The summed E-state index contributed by atoms with van der Waals surface area (Å²) in [4.78, 5) is 14.8. The summed E-state index contributed by atoms with van der Waals surface area (Å²) < 4.78 is 27.5. The van der Waals surface area contributed by atoms with Gasteiger partial charge in [-0.1, -0.05) is 17.7 Å². The van der Waals surface area contributed by atoms with Gasteiger partial charge in [0.1, 0.15) is 0 Å². The number of carboxylic acid groups (broad SMARTS) is 1. The van der Waals surface area contributed by atoms with Gasteiger partial charge in [0.05, 0.1) is 17.0 Å². The molecule has 0 unspecified atom stereocenters. The van der Waals surface area contributed by atoms with Crippen LogP contribution < -0.4 is 4.72 Å². The highest BCUT2D eigenvalue weighted by Gasteiger charge is 2.21. The molecular formula is C14H16N2O4S2. The van der Waals surface area contributed by atoms with E-state index in [0.29, 0.717) is 16.8 Å². The smallest absolute Gasteiger partial charge is 0.309 e. The van der Waals surface area contributed by atoms with Crippen molar-refractivity contribution in [2.24, 2.45) is 0 Å². The van der Waals surface area contributed by atoms with Crippen LogP contribution in [0.1, 0.15) is 22.4 Å². The van der Waals surface area contributed by atoms with Crippen molar-refractivity contribution in [2.75, 3.05) is 4.72 Å². The maximum Gasteiger partial charge on any atom is 0.309 e. The zero-order chi connectivity index (χ0) is 16.5. The van der Waals surface area contributed by atoms with Crippen molar-refractivity contribution in [3.05, 3.63) is 39.9 Å². The highest BCUT2D eigenvalue weighted by atomic mass is 32.2. The van der Waals surface area contributed by atoms with Gasteiger partial charge in [0.15, 0.2) is 5.13 Å². The largest absolute Gasteiger partial charge is 0.481 e. The van der Waals surface area contributed by atoms with Crippen molar-refractivity contribution in [2.45, 2.75) is 32.1 Å². The highest BCUT2D eigenvalue weighted by molar-refractivity contribution is 7.93. The minimum Gasteiger partial charge on any atom is -0.481 e. The molecule has 0 aliphatic rings. The molecule has 0 spiro atoms. The lowest BCUT2D eigenvalue weighted by Crippen LogP contribution is -2.16. The Morgan fingerprint density at radius 3 is 2.41 bits per heavy atom. The number of aryl methyl sites for hydroxylation is 3. The van der Waals surface area contributed by atoms with Crippen molar-refractivity contribution >= 4 is 32.5 Å². The quantitative estimate of drug-likeness (QED) is 0.872. The van der Waals surface area contributed by atoms with Gasteiger partial charge in [-0.3, -0.25) is 9.52 Å². The van der Waals surface area contributed by atoms with E-state index in [2.05, 4.69) is 9.71 Å². The van der Waals surface area contributed by atoms with E-state index in [0.717, 1.165) is 16.9 Å². The number of aromatic nitrogens is 1. The van der Waals surface area contributed by atoms with E-state index in [1.165, 1.54) is 5.38 Å². The molecule has 6 nitrogen and oxygen atoms in total. The van der Waals surface area contributed by atoms with Gasteiger partial charge in [0.25, 0.3) is 10.0 Å². The average molecular weight is 340 g/mol. The van der Waals surface area contributed by atoms with Crippen molar-refractivity contribution in [1.82, 2.24) is 4.98 Å². The Hall–Kier alpha value is -1.93. The number of carbonyl (C=O) groups is 1. The Morgan fingerprint density at radius 2 is 1.86 bits per heavy atom. The van der Waals surface area contributed by atoms with Crippen LogP contribution in [0.2, 0.25) is 0 Å². The van der Waals surface area contributed by atoms with E-state index < -0.39 is 16.0 Å². The van der Waals surface area contributed by atoms with E-state index in [1.807, 2.05) is 6.92 Å². The number of sulfonamides is 1. The lowest BCUT2D eigenvalue weighted by molar-refractivity contribution is -0.136. The Balaban J connectivity index is 2.32. The molecule has 0 aliphatic heterocycles. The highest BCUT2D eigenvalue weighted by Crippen LogP contribution is 2.25. The first kappa shape index (κ1) is 16.4. The first-order valence-electron chi connectivity index (χ1n) is 6.46. The fraction of sp³-hybridized carbons (Fsp3) is 0.286. The number of nitrogens with one attached hydrogen (secondary N) is 1. The zero-order valence-corrected chi connectivity index (χ0v) is 14.0. The van der Waals surface area contributed by atoms with Crippen molar-refractivity contribution in [3.8, 4) is 0 Å². The molecule has 1 heterocycles. The summed E-state index contributed by atoms with van der Waals surface area (Å²) in [7, 11) is -3.76. The fourth-order valence-corrected chi connectivity index (χ4v) is 4.77. The van der Waals surface area contributed by atoms with Gasteiger partial charge in [-0.05, 0) is 31.9 Å². The number of benzene rings is 1. The second-order valence-electron chi connectivity index (χ2n) is 5.05. The van der Waals surface area contributed by atoms with Crippen molar-refractivity contribution in [1.29, 1.82) is 0 Å². The second-order valence-corrected chi connectivity index (χ2v) is 7.53. The molecule has 0 fully saturated rings. The molecule has 0 saturated carbocycles. The van der Waals surface area contributed by atoms with Crippen LogP contribution >= 0.6 is 11.3 Å². The molecule has 2 N–H and O–H groups in total. The molecule has 118 valence electrons. The Labute approximate surface area is 132 Å². The van der Waals surface area contributed by atoms with Crippen LogP contribution in [0.3, 0.4) is 0 Å². The van der Waals surface area contributed by atoms with Crippen LogP contribution in [0.25, 0.3) is 0 Å². The minimum atomic E-state index is -3.76. The first-order valence-corrected chi connectivity index (χ1v) is 8.82. The Morgan fingerprint density at radius 1 is 1.27 bits per heavy atom. The summed E-state index contributed by atoms with van der Waals surface area (Å²) in [5.74, 6) is -1.01. The van der Waals surface area contributed by atoms with Gasteiger partial charge < -0.3 is 5.11 Å². The standard InChI is InChI=1S/C14H16N2O4S2/c1-8-4-9(2)13(10(3)5-8)22(19,20)16-14-15-11(7-21-14)6-12(17)18/h4-5,7H,6H2,1-3H3,(H,15,16)(H,17,18). The number of rotatable bonds is 5. The van der Waals surface area contributed by atoms with Crippen molar-refractivity contribution < 1.29 is 18.3 Å². The molecule has 0 bridgehead atoms. The number of nitrogens with zero attached hydrogens (tertiary/aromatic N) is 1. The van der Waals surface area contributed by atoms with Gasteiger partial charge in [0.2, 0.25) is 0 Å². The van der Waals surface area contributed by atoms with Crippen LogP contribution in [0, 0.1) is 20.8 Å². The second kappa shape index (κ2) is 6.05. The van der Waals surface area contributed by atoms with E-state index >= 15 is 0 Å². The third-order valence-corrected chi connectivity index (χ3v) is 5.56. The Kier molecular flexibility index (Phi) is 4.52. The number of aliphatic carboxylic acids is 1. The normalized spacial score (nSPS) is 11.4. The molecule has 0 saturated heterocycles. The van der Waals surface area contributed by atoms with Gasteiger partial charge in [-0.25, -0.2) is 13.4 Å². The Bertz CT molecular complexity index is 802. The molecule has 0 radical (unpaired) electrons. The lowest BCUT2D eigenvalue weighted by Gasteiger charge is -2.12. The summed E-state index contributed by atoms with van der Waals surface area (Å²) >= 11 is 1.06. The van der Waals surface area contributed by atoms with Gasteiger partial charge in [-0.15, -0.1) is 11.3 Å². The van der Waals surface area contributed by atoms with E-state index in [4.69, 9.17) is 5.11 Å². The molecule has 1 aromatic carbocycles. The molecule has 22 heavy (non-hydrogen) atoms. The number of carboxylic acids is 1. The van der Waals surface area contributed by atoms with Crippen LogP contribution in [0.5, 0.6) is 0 Å². The molecule has 0 atom stereocenters. The van der Waals surface area contributed by atoms with Crippen LogP contribution in [-0.4, -0.2) is 24.5 Å². The fourth-order valence-electron chi connectivity index (χ4n) is 2.35. The monoisotopic (exact) mass is 340 g/mol. The number of hydrogen-bond donors (Lipinski definition) is 2. The third-order valence-electron chi connectivity index (χ3n) is 2.98. The molecule has 0 aliphatic carbocycles. The minimum absolute atomic E-state index is 0.163. The topological polar surface area (TPSA) is 96.4 Å². The van der Waals surface area contributed by atoms with E-state index in [-0.39, 0.29) is 16.4 Å². The average Bonchev–Trinajstić information content (AvgIpc) is 2.72. The summed E-state index contributed by atoms with van der Waals surface area (Å²) in [5.41, 5.74) is 2.64. The molecule has 8 heteroatoms. The van der Waals surface area contributed by atoms with E-state index in [9.17, 15) is 13.2 Å². The maximum absolute atomic E-state index is 12.5. The van der Waals surface area contributed by atoms with E-state index in [1.54, 1.807) is 26.0 Å². The predicted octanol–water partition coefficient (Wildman–Crippen LogP) is 2.50. The van der Waals surface area contributed by atoms with Crippen LogP contribution in [0.4, 0.5) is 5.13 Å². The summed E-state index contributed by atoms with van der Waals surface area (Å²) in [6, 6.07) is 3.61. The molecular weight excluding hydrogens is 324 g/mol. The number of thiazole rings is 1. The number of hydrogen-bond acceptors (Lipinski definition) is 5. The van der Waals surface area contributed by atoms with Gasteiger partial charge in [0, 0.05) is 5.38 Å². The summed E-state index contributed by atoms with van der Waals surface area (Å²) in [5, 5.41) is 10.4. The zero-order valence-electron chi connectivity index (χ0n) is 12.4. The number of anilines is 1. The summed E-state index contributed by atoms with van der Waals surface area (Å²) in [6.07, 6.45) is -0.235.